The zero-order valence-corrected chi connectivity index (χ0v) is 12.5. The topological polar surface area (TPSA) is 67.4 Å². The Labute approximate surface area is 129 Å². The average molecular weight is 298 g/mol. The van der Waals surface area contributed by atoms with Crippen LogP contribution in [-0.4, -0.2) is 19.1 Å². The Morgan fingerprint density at radius 1 is 1.00 bits per heavy atom. The van der Waals surface area contributed by atoms with Gasteiger partial charge in [0.15, 0.2) is 6.04 Å². The van der Waals surface area contributed by atoms with E-state index in [0.29, 0.717) is 11.3 Å². The molecule has 1 unspecified atom stereocenters. The molecule has 1 atom stereocenters. The lowest BCUT2D eigenvalue weighted by molar-refractivity contribution is -0.143. The van der Waals surface area contributed by atoms with Crippen LogP contribution in [0.1, 0.15) is 17.2 Å². The summed E-state index contributed by atoms with van der Waals surface area (Å²) in [6.07, 6.45) is 0. The molecule has 2 aromatic rings. The van der Waals surface area contributed by atoms with Gasteiger partial charge in [0.05, 0.1) is 7.11 Å². The highest BCUT2D eigenvalue weighted by Crippen LogP contribution is 2.15. The molecule has 5 nitrogen and oxygen atoms in total. The van der Waals surface area contributed by atoms with Gasteiger partial charge in [-0.15, -0.1) is 0 Å². The number of esters is 1. The smallest absolute Gasteiger partial charge is 0.333 e. The largest absolute Gasteiger partial charge is 0.467 e. The summed E-state index contributed by atoms with van der Waals surface area (Å²) < 4.78 is 4.75. The number of hydrogen-bond donors (Lipinski definition) is 2. The molecule has 22 heavy (non-hydrogen) atoms. The molecule has 0 saturated carbocycles. The third kappa shape index (κ3) is 4.09. The third-order valence-electron chi connectivity index (χ3n) is 3.15. The van der Waals surface area contributed by atoms with Crippen molar-refractivity contribution in [1.82, 2.24) is 5.32 Å². The molecule has 5 heteroatoms. The molecule has 0 saturated heterocycles. The summed E-state index contributed by atoms with van der Waals surface area (Å²) in [7, 11) is 1.29. The zero-order valence-electron chi connectivity index (χ0n) is 12.5. The number of hydrogen-bond acceptors (Lipinski definition) is 3. The van der Waals surface area contributed by atoms with Crippen LogP contribution in [0.4, 0.5) is 10.5 Å². The number of ether oxygens (including phenoxy) is 1. The van der Waals surface area contributed by atoms with Gasteiger partial charge in [-0.05, 0) is 24.6 Å². The molecular formula is C17H18N2O3. The standard InChI is InChI=1S/C17H18N2O3/c1-12-8-10-14(11-9-12)18-17(21)19-15(16(20)22-2)13-6-4-3-5-7-13/h3-11,15H,1-2H3,(H2,18,19,21). The Morgan fingerprint density at radius 3 is 2.23 bits per heavy atom. The molecule has 0 bridgehead atoms. The van der Waals surface area contributed by atoms with Gasteiger partial charge < -0.3 is 15.4 Å². The molecule has 2 amide bonds. The van der Waals surface area contributed by atoms with E-state index in [0.717, 1.165) is 5.56 Å². The number of carbonyl (C=O) groups excluding carboxylic acids is 2. The van der Waals surface area contributed by atoms with Gasteiger partial charge in [-0.1, -0.05) is 48.0 Å². The second kappa shape index (κ2) is 7.26. The summed E-state index contributed by atoms with van der Waals surface area (Å²) in [4.78, 5) is 24.0. The summed E-state index contributed by atoms with van der Waals surface area (Å²) in [5, 5.41) is 5.31. The molecule has 2 aromatic carbocycles. The normalized spacial score (nSPS) is 11.4. The molecule has 2 N–H and O–H groups in total. The monoisotopic (exact) mass is 298 g/mol. The highest BCUT2D eigenvalue weighted by Gasteiger charge is 2.23. The van der Waals surface area contributed by atoms with E-state index in [-0.39, 0.29) is 0 Å². The minimum Gasteiger partial charge on any atom is -0.467 e. The molecule has 0 aromatic heterocycles. The first kappa shape index (κ1) is 15.6. The minimum atomic E-state index is -0.850. The van der Waals surface area contributed by atoms with Gasteiger partial charge in [-0.25, -0.2) is 9.59 Å². The van der Waals surface area contributed by atoms with Crippen molar-refractivity contribution in [3.8, 4) is 0 Å². The van der Waals surface area contributed by atoms with Crippen LogP contribution in [0.5, 0.6) is 0 Å². The fourth-order valence-electron chi connectivity index (χ4n) is 1.98. The highest BCUT2D eigenvalue weighted by molar-refractivity contribution is 5.92. The van der Waals surface area contributed by atoms with Crippen LogP contribution >= 0.6 is 0 Å². The number of aryl methyl sites for hydroxylation is 1. The van der Waals surface area contributed by atoms with Crippen LogP contribution in [0, 0.1) is 6.92 Å². The molecular weight excluding hydrogens is 280 g/mol. The molecule has 0 spiro atoms. The molecule has 0 radical (unpaired) electrons. The van der Waals surface area contributed by atoms with Gasteiger partial charge in [-0.3, -0.25) is 0 Å². The number of rotatable bonds is 4. The van der Waals surface area contributed by atoms with Crippen molar-refractivity contribution in [2.45, 2.75) is 13.0 Å². The predicted molar refractivity (Wildman–Crippen MR) is 84.5 cm³/mol. The van der Waals surface area contributed by atoms with Crippen LogP contribution in [0.2, 0.25) is 0 Å². The first-order chi connectivity index (χ1) is 10.6. The Morgan fingerprint density at radius 2 is 1.64 bits per heavy atom. The van der Waals surface area contributed by atoms with E-state index in [1.54, 1.807) is 36.4 Å². The van der Waals surface area contributed by atoms with E-state index in [1.165, 1.54) is 7.11 Å². The first-order valence-electron chi connectivity index (χ1n) is 6.87. The van der Waals surface area contributed by atoms with Gasteiger partial charge in [-0.2, -0.15) is 0 Å². The molecule has 0 heterocycles. The van der Waals surface area contributed by atoms with E-state index in [9.17, 15) is 9.59 Å². The van der Waals surface area contributed by atoms with Crippen LogP contribution in [0.15, 0.2) is 54.6 Å². The van der Waals surface area contributed by atoms with Crippen molar-refractivity contribution in [1.29, 1.82) is 0 Å². The van der Waals surface area contributed by atoms with E-state index in [2.05, 4.69) is 10.6 Å². The molecule has 0 aliphatic carbocycles. The van der Waals surface area contributed by atoms with Crippen molar-refractivity contribution < 1.29 is 14.3 Å². The molecule has 0 aliphatic heterocycles. The number of carbonyl (C=O) groups is 2. The van der Waals surface area contributed by atoms with E-state index >= 15 is 0 Å². The lowest BCUT2D eigenvalue weighted by Crippen LogP contribution is -2.37. The number of benzene rings is 2. The lowest BCUT2D eigenvalue weighted by Gasteiger charge is -2.17. The van der Waals surface area contributed by atoms with Crippen LogP contribution in [-0.2, 0) is 9.53 Å². The van der Waals surface area contributed by atoms with Gasteiger partial charge >= 0.3 is 12.0 Å². The van der Waals surface area contributed by atoms with Crippen molar-refractivity contribution >= 4 is 17.7 Å². The quantitative estimate of drug-likeness (QED) is 0.853. The lowest BCUT2D eigenvalue weighted by atomic mass is 10.1. The van der Waals surface area contributed by atoms with Crippen molar-refractivity contribution in [3.05, 3.63) is 65.7 Å². The minimum absolute atomic E-state index is 0.469. The average Bonchev–Trinajstić information content (AvgIpc) is 2.55. The highest BCUT2D eigenvalue weighted by atomic mass is 16.5. The summed E-state index contributed by atoms with van der Waals surface area (Å²) in [6.45, 7) is 1.96. The fraction of sp³-hybridized carbons (Fsp3) is 0.176. The molecule has 0 aliphatic rings. The maximum Gasteiger partial charge on any atom is 0.333 e. The Hall–Kier alpha value is -2.82. The second-order valence-electron chi connectivity index (χ2n) is 4.83. The van der Waals surface area contributed by atoms with Gasteiger partial charge in [0.25, 0.3) is 0 Å². The maximum absolute atomic E-state index is 12.1. The molecule has 0 fully saturated rings. The number of methoxy groups -OCH3 is 1. The van der Waals surface area contributed by atoms with E-state index < -0.39 is 18.0 Å². The fourth-order valence-corrected chi connectivity index (χ4v) is 1.98. The first-order valence-corrected chi connectivity index (χ1v) is 6.87. The summed E-state index contributed by atoms with van der Waals surface area (Å²) >= 11 is 0. The van der Waals surface area contributed by atoms with E-state index in [1.807, 2.05) is 25.1 Å². The third-order valence-corrected chi connectivity index (χ3v) is 3.15. The van der Waals surface area contributed by atoms with Crippen LogP contribution in [0.3, 0.4) is 0 Å². The van der Waals surface area contributed by atoms with E-state index in [4.69, 9.17) is 4.74 Å². The van der Waals surface area contributed by atoms with Crippen LogP contribution < -0.4 is 10.6 Å². The predicted octanol–water partition coefficient (Wildman–Crippen LogP) is 3.03. The summed E-state index contributed by atoms with van der Waals surface area (Å²) in [6, 6.07) is 15.0. The van der Waals surface area contributed by atoms with Crippen molar-refractivity contribution in [2.75, 3.05) is 12.4 Å². The molecule has 2 rings (SSSR count). The molecule has 114 valence electrons. The summed E-state index contributed by atoms with van der Waals surface area (Å²) in [5.41, 5.74) is 2.41. The van der Waals surface area contributed by atoms with Gasteiger partial charge in [0, 0.05) is 5.69 Å². The zero-order chi connectivity index (χ0) is 15.9. The Kier molecular flexibility index (Phi) is 5.14. The SMILES string of the molecule is COC(=O)C(NC(=O)Nc1ccc(C)cc1)c1ccccc1. The summed E-state index contributed by atoms with van der Waals surface area (Å²) in [5.74, 6) is -0.523. The van der Waals surface area contributed by atoms with Crippen molar-refractivity contribution in [2.24, 2.45) is 0 Å². The second-order valence-corrected chi connectivity index (χ2v) is 4.83. The van der Waals surface area contributed by atoms with Crippen molar-refractivity contribution in [3.63, 3.8) is 0 Å². The number of urea groups is 1. The Balaban J connectivity index is 2.08. The van der Waals surface area contributed by atoms with Crippen LogP contribution in [0.25, 0.3) is 0 Å². The number of amides is 2. The van der Waals surface area contributed by atoms with Gasteiger partial charge in [0.2, 0.25) is 0 Å². The Bertz CT molecular complexity index is 639. The maximum atomic E-state index is 12.1. The number of anilines is 1. The van der Waals surface area contributed by atoms with Gasteiger partial charge in [0.1, 0.15) is 0 Å². The number of nitrogens with one attached hydrogen (secondary N) is 2.